The zero-order chi connectivity index (χ0) is 25.9. The third kappa shape index (κ3) is 3.93. The molecule has 1 aromatic heterocycles. The third-order valence-corrected chi connectivity index (χ3v) is 9.23. The largest absolute Gasteiger partial charge is 0.496 e. The lowest BCUT2D eigenvalue weighted by Gasteiger charge is -2.65. The number of rotatable bonds is 8. The number of carbonyl (C=O) groups excluding carboxylic acids is 4. The van der Waals surface area contributed by atoms with Gasteiger partial charge in [-0.05, 0) is 74.0 Å². The third-order valence-electron chi connectivity index (χ3n) is 9.23. The minimum absolute atomic E-state index is 0.129. The van der Waals surface area contributed by atoms with Gasteiger partial charge in [0.1, 0.15) is 23.5 Å². The summed E-state index contributed by atoms with van der Waals surface area (Å²) >= 11 is 0. The van der Waals surface area contributed by atoms with Gasteiger partial charge in [-0.25, -0.2) is 0 Å². The number of benzene rings is 1. The Morgan fingerprint density at radius 1 is 1.27 bits per heavy atom. The second kappa shape index (κ2) is 8.78. The van der Waals surface area contributed by atoms with Crippen LogP contribution in [0.5, 0.6) is 5.75 Å². The molecule has 3 aliphatic carbocycles. The summed E-state index contributed by atoms with van der Waals surface area (Å²) in [7, 11) is 1.59. The van der Waals surface area contributed by atoms with Crippen LogP contribution in [0, 0.1) is 23.2 Å². The molecule has 3 saturated carbocycles. The van der Waals surface area contributed by atoms with Gasteiger partial charge < -0.3 is 31.0 Å². The van der Waals surface area contributed by atoms with Gasteiger partial charge in [-0.2, -0.15) is 0 Å². The Kier molecular flexibility index (Phi) is 5.65. The van der Waals surface area contributed by atoms with Gasteiger partial charge >= 0.3 is 0 Å². The highest BCUT2D eigenvalue weighted by atomic mass is 16.5. The number of H-pyrrole nitrogens is 1. The molecule has 5 N–H and O–H groups in total. The number of likely N-dealkylation sites (tertiary alicyclic amines) is 1. The first-order valence-corrected chi connectivity index (χ1v) is 13.1. The minimum atomic E-state index is -0.968. The first-order chi connectivity index (χ1) is 17.8. The summed E-state index contributed by atoms with van der Waals surface area (Å²) < 4.78 is 5.44. The normalized spacial score (nSPS) is 30.8. The number of hydrogen-bond acceptors (Lipinski definition) is 5. The number of nitrogens with one attached hydrogen (secondary N) is 3. The summed E-state index contributed by atoms with van der Waals surface area (Å²) in [5.74, 6) is -0.126. The van der Waals surface area contributed by atoms with Gasteiger partial charge in [0, 0.05) is 29.9 Å². The lowest BCUT2D eigenvalue weighted by Crippen LogP contribution is -2.56. The Morgan fingerprint density at radius 2 is 2.05 bits per heavy atom. The van der Waals surface area contributed by atoms with E-state index in [0.717, 1.165) is 16.8 Å². The molecule has 2 saturated heterocycles. The molecule has 37 heavy (non-hydrogen) atoms. The second-order valence-corrected chi connectivity index (χ2v) is 11.3. The molecular weight excluding hydrogens is 474 g/mol. The molecule has 5 fully saturated rings. The van der Waals surface area contributed by atoms with E-state index in [-0.39, 0.29) is 35.5 Å². The number of nitrogens with two attached hydrogens (primary N) is 1. The number of aromatic nitrogens is 1. The van der Waals surface area contributed by atoms with Gasteiger partial charge in [0.25, 0.3) is 5.91 Å². The number of amides is 4. The fraction of sp³-hybridized carbons (Fsp3) is 0.556. The molecule has 0 spiro atoms. The lowest BCUT2D eigenvalue weighted by atomic mass is 9.40. The van der Waals surface area contributed by atoms with E-state index in [1.165, 1.54) is 19.3 Å². The summed E-state index contributed by atoms with van der Waals surface area (Å²) in [6.07, 6.45) is 4.81. The van der Waals surface area contributed by atoms with Crippen molar-refractivity contribution in [3.05, 3.63) is 30.0 Å². The van der Waals surface area contributed by atoms with Crippen LogP contribution in [-0.2, 0) is 14.4 Å². The van der Waals surface area contributed by atoms with Crippen LogP contribution in [-0.4, -0.2) is 65.8 Å². The molecule has 2 unspecified atom stereocenters. The molecule has 196 valence electrons. The first-order valence-electron chi connectivity index (χ1n) is 13.1. The number of fused-ring (bicyclic) bond motifs is 1. The Hall–Kier alpha value is -3.56. The fourth-order valence-electron chi connectivity index (χ4n) is 7.04. The van der Waals surface area contributed by atoms with Crippen LogP contribution >= 0.6 is 0 Å². The molecule has 2 aromatic rings. The Labute approximate surface area is 214 Å². The number of ether oxygens (including phenoxy) is 1. The molecule has 10 heteroatoms. The fourth-order valence-corrected chi connectivity index (χ4v) is 7.04. The predicted octanol–water partition coefficient (Wildman–Crippen LogP) is 1.30. The number of nitrogens with zero attached hydrogens (tertiary/aromatic N) is 1. The molecule has 10 nitrogen and oxygen atoms in total. The van der Waals surface area contributed by atoms with Gasteiger partial charge in [-0.3, -0.25) is 19.2 Å². The molecular formula is C27H33N5O5. The highest BCUT2D eigenvalue weighted by Crippen LogP contribution is 2.69. The quantitative estimate of drug-likeness (QED) is 0.425. The number of carbonyl (C=O) groups is 4. The highest BCUT2D eigenvalue weighted by molar-refractivity contribution is 6.02. The van der Waals surface area contributed by atoms with Crippen LogP contribution in [0.4, 0.5) is 0 Å². The number of hydrogen-bond donors (Lipinski definition) is 4. The second-order valence-electron chi connectivity index (χ2n) is 11.3. The van der Waals surface area contributed by atoms with E-state index in [4.69, 9.17) is 10.5 Å². The standard InChI is InChI=1S/C27H33N5O5/c1-37-22-4-2-3-18-17(22)9-20(30-18)26(36)32-13-16(27-10-14(11-27)12-27)8-21(32)25(35)31-19(23(28)33)7-15-5-6-29-24(15)34/h2-4,9,14-16,19,21,30H,5-8,10-13H2,1H3,(H2,28,33)(H,29,34)(H,31,35)/t14?,15-,16?,19-,21?,27?/m0/s1. The van der Waals surface area contributed by atoms with Crippen molar-refractivity contribution in [2.45, 2.75) is 50.6 Å². The zero-order valence-corrected chi connectivity index (χ0v) is 20.9. The molecule has 1 aromatic carbocycles. The highest BCUT2D eigenvalue weighted by Gasteiger charge is 2.63. The monoisotopic (exact) mass is 507 g/mol. The number of methoxy groups -OCH3 is 1. The first kappa shape index (κ1) is 23.8. The molecule has 4 atom stereocenters. The maximum atomic E-state index is 13.8. The van der Waals surface area contributed by atoms with Crippen molar-refractivity contribution >= 4 is 34.5 Å². The van der Waals surface area contributed by atoms with Crippen LogP contribution in [0.2, 0.25) is 0 Å². The van der Waals surface area contributed by atoms with E-state index in [1.807, 2.05) is 18.2 Å². The van der Waals surface area contributed by atoms with Crippen molar-refractivity contribution < 1.29 is 23.9 Å². The maximum absolute atomic E-state index is 13.8. The van der Waals surface area contributed by atoms with E-state index in [1.54, 1.807) is 18.1 Å². The maximum Gasteiger partial charge on any atom is 0.270 e. The van der Waals surface area contributed by atoms with E-state index in [0.29, 0.717) is 37.4 Å². The lowest BCUT2D eigenvalue weighted by molar-refractivity contribution is -0.147. The van der Waals surface area contributed by atoms with E-state index in [9.17, 15) is 19.2 Å². The number of primary amides is 1. The Bertz CT molecular complexity index is 1270. The summed E-state index contributed by atoms with van der Waals surface area (Å²) in [6, 6.07) is 5.66. The number of aromatic amines is 1. The smallest absolute Gasteiger partial charge is 0.270 e. The van der Waals surface area contributed by atoms with Crippen LogP contribution in [0.15, 0.2) is 24.3 Å². The topological polar surface area (TPSA) is 147 Å². The predicted molar refractivity (Wildman–Crippen MR) is 134 cm³/mol. The summed E-state index contributed by atoms with van der Waals surface area (Å²) in [5.41, 5.74) is 7.02. The van der Waals surface area contributed by atoms with Crippen LogP contribution in [0.25, 0.3) is 10.9 Å². The van der Waals surface area contributed by atoms with Crippen LogP contribution < -0.4 is 21.1 Å². The molecule has 2 aliphatic heterocycles. The summed E-state index contributed by atoms with van der Waals surface area (Å²) in [4.78, 5) is 56.5. The average Bonchev–Trinajstić information content (AvgIpc) is 3.54. The van der Waals surface area contributed by atoms with Crippen molar-refractivity contribution in [3.63, 3.8) is 0 Å². The summed E-state index contributed by atoms with van der Waals surface area (Å²) in [6.45, 7) is 1.05. The molecule has 5 aliphatic rings. The van der Waals surface area contributed by atoms with Crippen molar-refractivity contribution in [2.75, 3.05) is 20.2 Å². The Balaban J connectivity index is 1.25. The van der Waals surface area contributed by atoms with E-state index >= 15 is 0 Å². The SMILES string of the molecule is COc1cccc2[nH]c(C(=O)N3CC(C45CC(C4)C5)CC3C(=O)N[C@@H](C[C@@H]3CCNC3=O)C(N)=O)cc12. The molecule has 7 rings (SSSR count). The van der Waals surface area contributed by atoms with Gasteiger partial charge in [0.15, 0.2) is 0 Å². The average molecular weight is 508 g/mol. The van der Waals surface area contributed by atoms with Gasteiger partial charge in [-0.1, -0.05) is 6.07 Å². The van der Waals surface area contributed by atoms with Gasteiger partial charge in [-0.15, -0.1) is 0 Å². The molecule has 4 amide bonds. The van der Waals surface area contributed by atoms with Gasteiger partial charge in [0.05, 0.1) is 7.11 Å². The van der Waals surface area contributed by atoms with Crippen molar-refractivity contribution in [3.8, 4) is 5.75 Å². The summed E-state index contributed by atoms with van der Waals surface area (Å²) in [5, 5.41) is 6.34. The molecule has 3 heterocycles. The van der Waals surface area contributed by atoms with E-state index in [2.05, 4.69) is 15.6 Å². The molecule has 2 bridgehead atoms. The zero-order valence-electron chi connectivity index (χ0n) is 20.9. The molecule has 0 radical (unpaired) electrons. The minimum Gasteiger partial charge on any atom is -0.496 e. The Morgan fingerprint density at radius 3 is 2.68 bits per heavy atom. The van der Waals surface area contributed by atoms with E-state index < -0.39 is 23.9 Å². The van der Waals surface area contributed by atoms with Crippen molar-refractivity contribution in [2.24, 2.45) is 28.9 Å². The van der Waals surface area contributed by atoms with Crippen molar-refractivity contribution in [1.82, 2.24) is 20.5 Å². The van der Waals surface area contributed by atoms with Crippen molar-refractivity contribution in [1.29, 1.82) is 0 Å². The van der Waals surface area contributed by atoms with Crippen LogP contribution in [0.3, 0.4) is 0 Å². The van der Waals surface area contributed by atoms with Crippen LogP contribution in [0.1, 0.15) is 49.0 Å². The van der Waals surface area contributed by atoms with Gasteiger partial charge in [0.2, 0.25) is 17.7 Å².